The highest BCUT2D eigenvalue weighted by Gasteiger charge is 2.30. The maximum Gasteiger partial charge on any atom is 0.416 e. The van der Waals surface area contributed by atoms with E-state index in [1.165, 1.54) is 12.1 Å². The quantitative estimate of drug-likeness (QED) is 0.816. The van der Waals surface area contributed by atoms with E-state index in [0.717, 1.165) is 25.2 Å². The molecule has 3 rings (SSSR count). The summed E-state index contributed by atoms with van der Waals surface area (Å²) in [5.41, 5.74) is 0.301. The molecule has 9 heteroatoms. The average Bonchev–Trinajstić information content (AvgIpc) is 2.68. The van der Waals surface area contributed by atoms with Gasteiger partial charge in [-0.2, -0.15) is 13.2 Å². The topological polar surface area (TPSA) is 64.7 Å². The molecule has 6 nitrogen and oxygen atoms in total. The summed E-state index contributed by atoms with van der Waals surface area (Å²) in [6.45, 7) is 2.89. The van der Waals surface area contributed by atoms with Gasteiger partial charge in [-0.15, -0.1) is 0 Å². The lowest BCUT2D eigenvalue weighted by Gasteiger charge is -2.32. The number of rotatable bonds is 3. The molecule has 2 aromatic carbocycles. The molecule has 0 saturated carbocycles. The van der Waals surface area contributed by atoms with Gasteiger partial charge in [0.1, 0.15) is 0 Å². The molecule has 2 N–H and O–H groups in total. The van der Waals surface area contributed by atoms with Crippen LogP contribution in [-0.4, -0.2) is 55.0 Å². The Morgan fingerprint density at radius 1 is 0.897 bits per heavy atom. The molecule has 0 bridgehead atoms. The zero-order chi connectivity index (χ0) is 21.0. The first-order valence-corrected chi connectivity index (χ1v) is 9.05. The summed E-state index contributed by atoms with van der Waals surface area (Å²) in [6, 6.07) is 10.1. The van der Waals surface area contributed by atoms with Crippen LogP contribution in [0.5, 0.6) is 0 Å². The summed E-state index contributed by atoms with van der Waals surface area (Å²) in [5, 5.41) is 5.06. The third-order valence-electron chi connectivity index (χ3n) is 4.63. The minimum atomic E-state index is -4.43. The number of benzene rings is 2. The summed E-state index contributed by atoms with van der Waals surface area (Å²) in [6.07, 6.45) is -4.43. The highest BCUT2D eigenvalue weighted by atomic mass is 19.4. The normalized spacial score (nSPS) is 15.1. The lowest BCUT2D eigenvalue weighted by atomic mass is 10.1. The van der Waals surface area contributed by atoms with E-state index in [-0.39, 0.29) is 11.6 Å². The van der Waals surface area contributed by atoms with Crippen molar-refractivity contribution in [2.75, 3.05) is 43.9 Å². The molecule has 3 amide bonds. The van der Waals surface area contributed by atoms with Gasteiger partial charge in [-0.1, -0.05) is 6.07 Å². The Labute approximate surface area is 166 Å². The van der Waals surface area contributed by atoms with Gasteiger partial charge in [-0.05, 0) is 49.5 Å². The van der Waals surface area contributed by atoms with Crippen LogP contribution in [-0.2, 0) is 6.18 Å². The fourth-order valence-corrected chi connectivity index (χ4v) is 2.96. The fraction of sp³-hybridized carbons (Fsp3) is 0.300. The zero-order valence-corrected chi connectivity index (χ0v) is 15.8. The molecule has 154 valence electrons. The molecule has 1 aliphatic heterocycles. The number of nitrogens with one attached hydrogen (secondary N) is 2. The Kier molecular flexibility index (Phi) is 6.07. The second-order valence-electron chi connectivity index (χ2n) is 6.83. The minimum absolute atomic E-state index is 0.107. The van der Waals surface area contributed by atoms with Crippen molar-refractivity contribution in [3.63, 3.8) is 0 Å². The summed E-state index contributed by atoms with van der Waals surface area (Å²) < 4.78 is 37.8. The van der Waals surface area contributed by atoms with E-state index in [0.29, 0.717) is 24.3 Å². The van der Waals surface area contributed by atoms with Crippen LogP contribution < -0.4 is 10.6 Å². The van der Waals surface area contributed by atoms with Crippen LogP contribution in [0.4, 0.5) is 29.3 Å². The molecular weight excluding hydrogens is 385 g/mol. The van der Waals surface area contributed by atoms with E-state index in [1.54, 1.807) is 29.2 Å². The first-order chi connectivity index (χ1) is 13.7. The molecule has 1 fully saturated rings. The molecule has 1 aliphatic rings. The van der Waals surface area contributed by atoms with E-state index in [1.807, 2.05) is 7.05 Å². The van der Waals surface area contributed by atoms with Crippen molar-refractivity contribution in [2.24, 2.45) is 0 Å². The predicted octanol–water partition coefficient (Wildman–Crippen LogP) is 3.74. The number of nitrogens with zero attached hydrogens (tertiary/aromatic N) is 2. The van der Waals surface area contributed by atoms with E-state index in [9.17, 15) is 22.8 Å². The van der Waals surface area contributed by atoms with Crippen LogP contribution in [0.3, 0.4) is 0 Å². The smallest absolute Gasteiger partial charge is 0.336 e. The molecule has 0 aliphatic carbocycles. The third kappa shape index (κ3) is 5.47. The van der Waals surface area contributed by atoms with E-state index < -0.39 is 17.8 Å². The van der Waals surface area contributed by atoms with Gasteiger partial charge < -0.3 is 20.4 Å². The molecule has 1 heterocycles. The molecule has 0 spiro atoms. The Morgan fingerprint density at radius 3 is 2.14 bits per heavy atom. The monoisotopic (exact) mass is 406 g/mol. The maximum atomic E-state index is 12.6. The van der Waals surface area contributed by atoms with Gasteiger partial charge in [-0.3, -0.25) is 4.79 Å². The molecule has 0 radical (unpaired) electrons. The number of amides is 3. The van der Waals surface area contributed by atoms with Crippen LogP contribution >= 0.6 is 0 Å². The maximum absolute atomic E-state index is 12.6. The largest absolute Gasteiger partial charge is 0.416 e. The summed E-state index contributed by atoms with van der Waals surface area (Å²) in [5.74, 6) is -0.107. The highest BCUT2D eigenvalue weighted by molar-refractivity contribution is 6.01. The van der Waals surface area contributed by atoms with Crippen molar-refractivity contribution in [1.82, 2.24) is 9.80 Å². The molecule has 1 saturated heterocycles. The van der Waals surface area contributed by atoms with Gasteiger partial charge in [0.15, 0.2) is 0 Å². The molecule has 0 aromatic heterocycles. The summed E-state index contributed by atoms with van der Waals surface area (Å²) >= 11 is 0. The van der Waals surface area contributed by atoms with E-state index in [4.69, 9.17) is 0 Å². The van der Waals surface area contributed by atoms with Gasteiger partial charge >= 0.3 is 12.2 Å². The Bertz CT molecular complexity index is 876. The Hall–Kier alpha value is -3.07. The number of piperazine rings is 1. The number of anilines is 2. The molecule has 2 aromatic rings. The lowest BCUT2D eigenvalue weighted by molar-refractivity contribution is -0.137. The third-order valence-corrected chi connectivity index (χ3v) is 4.63. The Morgan fingerprint density at radius 2 is 1.52 bits per heavy atom. The first kappa shape index (κ1) is 20.7. The van der Waals surface area contributed by atoms with Gasteiger partial charge in [0, 0.05) is 43.1 Å². The van der Waals surface area contributed by atoms with Crippen molar-refractivity contribution in [3.8, 4) is 0 Å². The van der Waals surface area contributed by atoms with Crippen LogP contribution in [0.2, 0.25) is 0 Å². The standard InChI is InChI=1S/C20H21F3N4O2/c1-26-9-11-27(12-10-26)18(28)14-3-2-4-17(13-14)25-19(29)24-16-7-5-15(6-8-16)20(21,22)23/h2-8,13H,9-12H2,1H3,(H2,24,25,29). The van der Waals surface area contributed by atoms with Crippen molar-refractivity contribution in [2.45, 2.75) is 6.18 Å². The summed E-state index contributed by atoms with van der Waals surface area (Å²) in [4.78, 5) is 28.7. The lowest BCUT2D eigenvalue weighted by Crippen LogP contribution is -2.47. The first-order valence-electron chi connectivity index (χ1n) is 9.05. The molecule has 0 unspecified atom stereocenters. The summed E-state index contributed by atoms with van der Waals surface area (Å²) in [7, 11) is 2.00. The number of likely N-dealkylation sites (N-methyl/N-ethyl adjacent to an activating group) is 1. The van der Waals surface area contributed by atoms with Crippen LogP contribution in [0.15, 0.2) is 48.5 Å². The molecule has 0 atom stereocenters. The molecular formula is C20H21F3N4O2. The van der Waals surface area contributed by atoms with Gasteiger partial charge in [0.2, 0.25) is 0 Å². The second-order valence-corrected chi connectivity index (χ2v) is 6.83. The van der Waals surface area contributed by atoms with E-state index in [2.05, 4.69) is 15.5 Å². The number of hydrogen-bond donors (Lipinski definition) is 2. The minimum Gasteiger partial charge on any atom is -0.336 e. The van der Waals surface area contributed by atoms with Gasteiger partial charge in [0.25, 0.3) is 5.91 Å². The number of halogens is 3. The Balaban J connectivity index is 1.61. The predicted molar refractivity (Wildman–Crippen MR) is 104 cm³/mol. The highest BCUT2D eigenvalue weighted by Crippen LogP contribution is 2.29. The van der Waals surface area contributed by atoms with E-state index >= 15 is 0 Å². The average molecular weight is 406 g/mol. The van der Waals surface area contributed by atoms with Gasteiger partial charge in [0.05, 0.1) is 5.56 Å². The zero-order valence-electron chi connectivity index (χ0n) is 15.8. The van der Waals surface area contributed by atoms with Crippen molar-refractivity contribution in [1.29, 1.82) is 0 Å². The number of urea groups is 1. The van der Waals surface area contributed by atoms with Crippen molar-refractivity contribution in [3.05, 3.63) is 59.7 Å². The van der Waals surface area contributed by atoms with Gasteiger partial charge in [-0.25, -0.2) is 4.79 Å². The van der Waals surface area contributed by atoms with Crippen LogP contribution in [0.25, 0.3) is 0 Å². The number of hydrogen-bond acceptors (Lipinski definition) is 3. The number of carbonyl (C=O) groups is 2. The number of alkyl halides is 3. The second kappa shape index (κ2) is 8.52. The van der Waals surface area contributed by atoms with Crippen LogP contribution in [0.1, 0.15) is 15.9 Å². The SMILES string of the molecule is CN1CCN(C(=O)c2cccc(NC(=O)Nc3ccc(C(F)(F)F)cc3)c2)CC1. The fourth-order valence-electron chi connectivity index (χ4n) is 2.96. The number of carbonyl (C=O) groups excluding carboxylic acids is 2. The van der Waals surface area contributed by atoms with Crippen LogP contribution in [0, 0.1) is 0 Å². The molecule has 29 heavy (non-hydrogen) atoms. The van der Waals surface area contributed by atoms with Crippen molar-refractivity contribution >= 4 is 23.3 Å². The van der Waals surface area contributed by atoms with Crippen molar-refractivity contribution < 1.29 is 22.8 Å².